The smallest absolute Gasteiger partial charge is 0.287 e. The van der Waals surface area contributed by atoms with Crippen molar-refractivity contribution in [2.75, 3.05) is 6.61 Å². The Morgan fingerprint density at radius 2 is 1.97 bits per heavy atom. The molecule has 5 rings (SSSR count). The van der Waals surface area contributed by atoms with Gasteiger partial charge in [-0.05, 0) is 62.1 Å². The standard InChI is InChI=1S/C24H21Cl2FN2O5/c25-14-1-4-18-13(7-14)8-19(34-18)22(32)29-24-6-5-23(12-24,10-20(24)30)28-21(31)11-33-15-2-3-16(26)17(27)9-15/h1-4,7-9,20,30H,5-6,10-12H2,(H,28,31)(H,29,32). The minimum atomic E-state index is -0.874. The van der Waals surface area contributed by atoms with Crippen molar-refractivity contribution in [1.29, 1.82) is 0 Å². The molecule has 2 saturated carbocycles. The lowest BCUT2D eigenvalue weighted by Gasteiger charge is -2.33. The van der Waals surface area contributed by atoms with Crippen LogP contribution in [0.3, 0.4) is 0 Å². The first kappa shape index (κ1) is 23.0. The van der Waals surface area contributed by atoms with Gasteiger partial charge >= 0.3 is 0 Å². The molecular formula is C24H21Cl2FN2O5. The number of benzene rings is 2. The zero-order chi connectivity index (χ0) is 24.1. The third kappa shape index (κ3) is 4.21. The summed E-state index contributed by atoms with van der Waals surface area (Å²) in [6, 6.07) is 10.6. The molecule has 2 amide bonds. The number of aliphatic hydroxyl groups is 1. The summed E-state index contributed by atoms with van der Waals surface area (Å²) >= 11 is 11.7. The number of rotatable bonds is 6. The molecule has 3 N–H and O–H groups in total. The number of halogens is 3. The van der Waals surface area contributed by atoms with Crippen LogP contribution in [-0.4, -0.2) is 40.7 Å². The minimum Gasteiger partial charge on any atom is -0.484 e. The van der Waals surface area contributed by atoms with Crippen molar-refractivity contribution in [3.05, 3.63) is 64.1 Å². The van der Waals surface area contributed by atoms with Gasteiger partial charge in [-0.2, -0.15) is 0 Å². The highest BCUT2D eigenvalue weighted by Gasteiger charge is 2.61. The molecule has 2 aromatic carbocycles. The predicted molar refractivity (Wildman–Crippen MR) is 124 cm³/mol. The summed E-state index contributed by atoms with van der Waals surface area (Å²) < 4.78 is 24.6. The van der Waals surface area contributed by atoms with Crippen LogP contribution in [0.1, 0.15) is 36.2 Å². The van der Waals surface area contributed by atoms with E-state index in [1.165, 1.54) is 12.1 Å². The van der Waals surface area contributed by atoms with Gasteiger partial charge in [0.2, 0.25) is 0 Å². The fourth-order valence-electron chi connectivity index (χ4n) is 5.08. The first-order valence-electron chi connectivity index (χ1n) is 10.8. The summed E-state index contributed by atoms with van der Waals surface area (Å²) in [6.07, 6.45) is 0.914. The molecule has 2 bridgehead atoms. The molecule has 3 unspecified atom stereocenters. The first-order valence-corrected chi connectivity index (χ1v) is 11.5. The number of ether oxygens (including phenoxy) is 1. The second-order valence-corrected chi connectivity index (χ2v) is 9.84. The second-order valence-electron chi connectivity index (χ2n) is 8.99. The van der Waals surface area contributed by atoms with Crippen molar-refractivity contribution in [1.82, 2.24) is 10.6 Å². The van der Waals surface area contributed by atoms with E-state index in [1.54, 1.807) is 24.3 Å². The molecule has 10 heteroatoms. The summed E-state index contributed by atoms with van der Waals surface area (Å²) in [5.74, 6) is -1.18. The van der Waals surface area contributed by atoms with Gasteiger partial charge < -0.3 is 24.9 Å². The fraction of sp³-hybridized carbons (Fsp3) is 0.333. The van der Waals surface area contributed by atoms with E-state index in [0.29, 0.717) is 41.7 Å². The van der Waals surface area contributed by atoms with Gasteiger partial charge in [0, 0.05) is 22.0 Å². The quantitative estimate of drug-likeness (QED) is 0.464. The number of aliphatic hydroxyl groups excluding tert-OH is 1. The van der Waals surface area contributed by atoms with Crippen LogP contribution in [-0.2, 0) is 4.79 Å². The third-order valence-electron chi connectivity index (χ3n) is 6.66. The average molecular weight is 507 g/mol. The van der Waals surface area contributed by atoms with Crippen LogP contribution in [0.5, 0.6) is 5.75 Å². The molecule has 178 valence electrons. The topological polar surface area (TPSA) is 101 Å². The Balaban J connectivity index is 1.23. The molecular weight excluding hydrogens is 486 g/mol. The van der Waals surface area contributed by atoms with Gasteiger partial charge in [-0.15, -0.1) is 0 Å². The Bertz CT molecular complexity index is 1300. The maximum atomic E-state index is 13.6. The molecule has 1 heterocycles. The van der Waals surface area contributed by atoms with Gasteiger partial charge in [0.1, 0.15) is 17.1 Å². The number of carbonyl (C=O) groups excluding carboxylic acids is 2. The van der Waals surface area contributed by atoms with E-state index in [2.05, 4.69) is 10.6 Å². The van der Waals surface area contributed by atoms with Crippen LogP contribution < -0.4 is 15.4 Å². The monoisotopic (exact) mass is 506 g/mol. The van der Waals surface area contributed by atoms with Crippen molar-refractivity contribution < 1.29 is 28.2 Å². The largest absolute Gasteiger partial charge is 0.484 e. The van der Waals surface area contributed by atoms with Gasteiger partial charge in [-0.1, -0.05) is 23.2 Å². The summed E-state index contributed by atoms with van der Waals surface area (Å²) in [5.41, 5.74) is -1.01. The normalized spacial score (nSPS) is 25.5. The molecule has 0 aliphatic heterocycles. The third-order valence-corrected chi connectivity index (χ3v) is 7.20. The lowest BCUT2D eigenvalue weighted by atomic mass is 9.88. The number of fused-ring (bicyclic) bond motifs is 3. The van der Waals surface area contributed by atoms with Crippen LogP contribution in [0.2, 0.25) is 10.0 Å². The molecule has 34 heavy (non-hydrogen) atoms. The number of hydrogen-bond acceptors (Lipinski definition) is 5. The Kier molecular flexibility index (Phi) is 5.70. The highest BCUT2D eigenvalue weighted by molar-refractivity contribution is 6.31. The summed E-state index contributed by atoms with van der Waals surface area (Å²) in [6.45, 7) is -0.320. The molecule has 0 radical (unpaired) electrons. The van der Waals surface area contributed by atoms with E-state index in [9.17, 15) is 19.1 Å². The van der Waals surface area contributed by atoms with E-state index < -0.39 is 34.8 Å². The number of hydrogen-bond donors (Lipinski definition) is 3. The van der Waals surface area contributed by atoms with E-state index in [4.69, 9.17) is 32.4 Å². The van der Waals surface area contributed by atoms with E-state index in [1.807, 2.05) is 0 Å². The molecule has 2 aliphatic rings. The summed E-state index contributed by atoms with van der Waals surface area (Å²) in [7, 11) is 0. The van der Waals surface area contributed by atoms with Crippen molar-refractivity contribution >= 4 is 46.0 Å². The van der Waals surface area contributed by atoms with Crippen molar-refractivity contribution in [2.24, 2.45) is 0 Å². The first-order chi connectivity index (χ1) is 16.2. The number of carbonyl (C=O) groups is 2. The van der Waals surface area contributed by atoms with Crippen LogP contribution in [0.15, 0.2) is 46.9 Å². The molecule has 7 nitrogen and oxygen atoms in total. The van der Waals surface area contributed by atoms with Crippen LogP contribution in [0.25, 0.3) is 11.0 Å². The van der Waals surface area contributed by atoms with Gasteiger partial charge in [-0.3, -0.25) is 9.59 Å². The van der Waals surface area contributed by atoms with E-state index in [-0.39, 0.29) is 23.1 Å². The highest BCUT2D eigenvalue weighted by atomic mass is 35.5. The highest BCUT2D eigenvalue weighted by Crippen LogP contribution is 2.50. The van der Waals surface area contributed by atoms with Crippen LogP contribution in [0, 0.1) is 5.82 Å². The number of furan rings is 1. The molecule has 0 spiro atoms. The van der Waals surface area contributed by atoms with Gasteiger partial charge in [0.25, 0.3) is 11.8 Å². The van der Waals surface area contributed by atoms with Gasteiger partial charge in [-0.25, -0.2) is 4.39 Å². The molecule has 1 aromatic heterocycles. The Morgan fingerprint density at radius 3 is 2.74 bits per heavy atom. The van der Waals surface area contributed by atoms with Crippen LogP contribution >= 0.6 is 23.2 Å². The van der Waals surface area contributed by atoms with Gasteiger partial charge in [0.15, 0.2) is 12.4 Å². The minimum absolute atomic E-state index is 0.0357. The predicted octanol–water partition coefficient (Wildman–Crippen LogP) is 4.23. The SMILES string of the molecule is O=C(COc1ccc(Cl)c(F)c1)NC12CCC(NC(=O)c3cc4cc(Cl)ccc4o3)(C1)C(O)C2. The molecule has 2 aliphatic carbocycles. The van der Waals surface area contributed by atoms with Gasteiger partial charge in [0.05, 0.1) is 16.7 Å². The van der Waals surface area contributed by atoms with Crippen molar-refractivity contribution in [2.45, 2.75) is 42.9 Å². The lowest BCUT2D eigenvalue weighted by molar-refractivity contribution is -0.125. The van der Waals surface area contributed by atoms with Crippen LogP contribution in [0.4, 0.5) is 4.39 Å². The number of amides is 2. The van der Waals surface area contributed by atoms with E-state index >= 15 is 0 Å². The lowest BCUT2D eigenvalue weighted by Crippen LogP contribution is -2.53. The zero-order valence-corrected chi connectivity index (χ0v) is 19.4. The zero-order valence-electron chi connectivity index (χ0n) is 17.9. The van der Waals surface area contributed by atoms with Crippen molar-refractivity contribution in [3.8, 4) is 5.75 Å². The van der Waals surface area contributed by atoms with Crippen molar-refractivity contribution in [3.63, 3.8) is 0 Å². The average Bonchev–Trinajstić information content (AvgIpc) is 3.43. The summed E-state index contributed by atoms with van der Waals surface area (Å²) in [4.78, 5) is 25.5. The maximum Gasteiger partial charge on any atom is 0.287 e. The molecule has 3 aromatic rings. The molecule has 2 fully saturated rings. The molecule has 0 saturated heterocycles. The second kappa shape index (κ2) is 8.45. The van der Waals surface area contributed by atoms with E-state index in [0.717, 1.165) is 6.07 Å². The Labute approximate surface area is 204 Å². The summed E-state index contributed by atoms with van der Waals surface area (Å²) in [5, 5.41) is 17.9. The molecule has 3 atom stereocenters. The maximum absolute atomic E-state index is 13.6. The Morgan fingerprint density at radius 1 is 1.15 bits per heavy atom. The number of nitrogens with one attached hydrogen (secondary N) is 2. The Hall–Kier alpha value is -2.81. The fourth-order valence-corrected chi connectivity index (χ4v) is 5.37.